The Morgan fingerprint density at radius 1 is 1.33 bits per heavy atom. The molecule has 1 aliphatic rings. The van der Waals surface area contributed by atoms with Gasteiger partial charge in [0, 0.05) is 32.7 Å². The Labute approximate surface area is 108 Å². The average molecular weight is 247 g/mol. The summed E-state index contributed by atoms with van der Waals surface area (Å²) in [6.07, 6.45) is 0. The van der Waals surface area contributed by atoms with E-state index in [2.05, 4.69) is 42.7 Å². The van der Waals surface area contributed by atoms with Crippen LogP contribution in [0.4, 0.5) is 4.79 Å². The molecular formula is C14H21N3O. The summed E-state index contributed by atoms with van der Waals surface area (Å²) < 4.78 is 0. The van der Waals surface area contributed by atoms with Gasteiger partial charge in [-0.25, -0.2) is 4.79 Å². The van der Waals surface area contributed by atoms with Gasteiger partial charge in [0.05, 0.1) is 0 Å². The van der Waals surface area contributed by atoms with Gasteiger partial charge in [0.1, 0.15) is 0 Å². The number of amides is 2. The van der Waals surface area contributed by atoms with Gasteiger partial charge < -0.3 is 15.5 Å². The van der Waals surface area contributed by atoms with Crippen molar-refractivity contribution < 1.29 is 4.79 Å². The zero-order valence-corrected chi connectivity index (χ0v) is 11.1. The van der Waals surface area contributed by atoms with Crippen LogP contribution in [0.2, 0.25) is 0 Å². The summed E-state index contributed by atoms with van der Waals surface area (Å²) in [5.74, 6) is 0. The number of nitrogens with one attached hydrogen (secondary N) is 2. The maximum atomic E-state index is 11.9. The van der Waals surface area contributed by atoms with E-state index < -0.39 is 0 Å². The highest BCUT2D eigenvalue weighted by Gasteiger charge is 2.15. The van der Waals surface area contributed by atoms with Gasteiger partial charge in [-0.2, -0.15) is 0 Å². The number of hydrogen-bond acceptors (Lipinski definition) is 2. The van der Waals surface area contributed by atoms with Crippen LogP contribution in [0.1, 0.15) is 16.7 Å². The Balaban J connectivity index is 1.88. The molecule has 2 amide bonds. The second kappa shape index (κ2) is 5.87. The zero-order valence-electron chi connectivity index (χ0n) is 11.1. The first-order chi connectivity index (χ1) is 8.66. The van der Waals surface area contributed by atoms with Crippen molar-refractivity contribution >= 4 is 6.03 Å². The number of benzene rings is 1. The molecular weight excluding hydrogens is 226 g/mol. The second-order valence-corrected chi connectivity index (χ2v) is 4.83. The van der Waals surface area contributed by atoms with Gasteiger partial charge in [-0.1, -0.05) is 23.8 Å². The third kappa shape index (κ3) is 3.23. The molecule has 0 radical (unpaired) electrons. The van der Waals surface area contributed by atoms with Gasteiger partial charge >= 0.3 is 6.03 Å². The van der Waals surface area contributed by atoms with Crippen LogP contribution in [0, 0.1) is 13.8 Å². The Morgan fingerprint density at radius 2 is 2.06 bits per heavy atom. The molecule has 98 valence electrons. The number of hydrogen-bond donors (Lipinski definition) is 2. The largest absolute Gasteiger partial charge is 0.334 e. The Morgan fingerprint density at radius 3 is 2.72 bits per heavy atom. The molecule has 0 bridgehead atoms. The van der Waals surface area contributed by atoms with Crippen LogP contribution in [-0.4, -0.2) is 37.1 Å². The highest BCUT2D eigenvalue weighted by Crippen LogP contribution is 2.10. The number of urea groups is 1. The molecule has 0 unspecified atom stereocenters. The third-order valence-corrected chi connectivity index (χ3v) is 3.33. The molecule has 0 spiro atoms. The lowest BCUT2D eigenvalue weighted by molar-refractivity contribution is 0.189. The zero-order chi connectivity index (χ0) is 13.0. The van der Waals surface area contributed by atoms with Crippen LogP contribution in [0.25, 0.3) is 0 Å². The first kappa shape index (κ1) is 12.9. The van der Waals surface area contributed by atoms with Crippen molar-refractivity contribution in [2.24, 2.45) is 0 Å². The molecule has 1 aliphatic heterocycles. The fourth-order valence-electron chi connectivity index (χ4n) is 2.19. The molecule has 1 saturated heterocycles. The first-order valence-corrected chi connectivity index (χ1v) is 6.46. The summed E-state index contributed by atoms with van der Waals surface area (Å²) in [6, 6.07) is 6.35. The topological polar surface area (TPSA) is 44.4 Å². The van der Waals surface area contributed by atoms with Crippen LogP contribution in [-0.2, 0) is 6.54 Å². The van der Waals surface area contributed by atoms with E-state index in [1.54, 1.807) is 0 Å². The smallest absolute Gasteiger partial charge is 0.317 e. The van der Waals surface area contributed by atoms with Crippen molar-refractivity contribution in [3.8, 4) is 0 Å². The Hall–Kier alpha value is -1.55. The number of nitrogens with zero attached hydrogens (tertiary/aromatic N) is 1. The van der Waals surface area contributed by atoms with E-state index in [1.807, 2.05) is 4.90 Å². The lowest BCUT2D eigenvalue weighted by atomic mass is 10.1. The maximum Gasteiger partial charge on any atom is 0.317 e. The SMILES string of the molecule is Cc1ccc(CNC(=O)N2CCNCC2)c(C)c1. The van der Waals surface area contributed by atoms with E-state index in [1.165, 1.54) is 16.7 Å². The Kier molecular flexibility index (Phi) is 4.20. The minimum absolute atomic E-state index is 0.0384. The molecule has 4 heteroatoms. The number of carbonyl (C=O) groups is 1. The number of aryl methyl sites for hydroxylation is 2. The molecule has 2 rings (SSSR count). The van der Waals surface area contributed by atoms with Crippen LogP contribution < -0.4 is 10.6 Å². The molecule has 0 saturated carbocycles. The lowest BCUT2D eigenvalue weighted by Gasteiger charge is -2.27. The third-order valence-electron chi connectivity index (χ3n) is 3.33. The molecule has 0 aromatic heterocycles. The van der Waals surface area contributed by atoms with Crippen molar-refractivity contribution in [1.29, 1.82) is 0 Å². The summed E-state index contributed by atoms with van der Waals surface area (Å²) in [5, 5.41) is 6.23. The number of rotatable bonds is 2. The predicted octanol–water partition coefficient (Wildman–Crippen LogP) is 1.42. The molecule has 1 heterocycles. The van der Waals surface area contributed by atoms with Crippen LogP contribution >= 0.6 is 0 Å². The van der Waals surface area contributed by atoms with E-state index in [4.69, 9.17) is 0 Å². The van der Waals surface area contributed by atoms with Crippen LogP contribution in [0.15, 0.2) is 18.2 Å². The normalized spacial score (nSPS) is 15.6. The molecule has 1 fully saturated rings. The average Bonchev–Trinajstić information content (AvgIpc) is 2.38. The molecule has 18 heavy (non-hydrogen) atoms. The van der Waals surface area contributed by atoms with Crippen molar-refractivity contribution in [3.63, 3.8) is 0 Å². The molecule has 0 atom stereocenters. The quantitative estimate of drug-likeness (QED) is 0.830. The molecule has 0 aliphatic carbocycles. The Bertz CT molecular complexity index is 425. The monoisotopic (exact) mass is 247 g/mol. The van der Waals surface area contributed by atoms with Crippen molar-refractivity contribution in [2.45, 2.75) is 20.4 Å². The minimum Gasteiger partial charge on any atom is -0.334 e. The summed E-state index contributed by atoms with van der Waals surface area (Å²) in [7, 11) is 0. The van der Waals surface area contributed by atoms with E-state index in [9.17, 15) is 4.79 Å². The van der Waals surface area contributed by atoms with E-state index in [0.29, 0.717) is 6.54 Å². The number of carbonyl (C=O) groups excluding carboxylic acids is 1. The van der Waals surface area contributed by atoms with Crippen LogP contribution in [0.3, 0.4) is 0 Å². The summed E-state index contributed by atoms with van der Waals surface area (Å²) in [5.41, 5.74) is 3.67. The van der Waals surface area contributed by atoms with Gasteiger partial charge in [-0.05, 0) is 25.0 Å². The molecule has 1 aromatic carbocycles. The maximum absolute atomic E-state index is 11.9. The highest BCUT2D eigenvalue weighted by atomic mass is 16.2. The standard InChI is InChI=1S/C14H21N3O/c1-11-3-4-13(12(2)9-11)10-16-14(18)17-7-5-15-6-8-17/h3-4,9,15H,5-8,10H2,1-2H3,(H,16,18). The van der Waals surface area contributed by atoms with Crippen molar-refractivity contribution in [2.75, 3.05) is 26.2 Å². The van der Waals surface area contributed by atoms with Gasteiger partial charge in [0.15, 0.2) is 0 Å². The van der Waals surface area contributed by atoms with Crippen LogP contribution in [0.5, 0.6) is 0 Å². The molecule has 1 aromatic rings. The van der Waals surface area contributed by atoms with E-state index >= 15 is 0 Å². The summed E-state index contributed by atoms with van der Waals surface area (Å²) in [6.45, 7) is 8.12. The van der Waals surface area contributed by atoms with Crippen molar-refractivity contribution in [3.05, 3.63) is 34.9 Å². The van der Waals surface area contributed by atoms with Gasteiger partial charge in [0.2, 0.25) is 0 Å². The summed E-state index contributed by atoms with van der Waals surface area (Å²) in [4.78, 5) is 13.8. The van der Waals surface area contributed by atoms with Gasteiger partial charge in [-0.3, -0.25) is 0 Å². The molecule has 4 nitrogen and oxygen atoms in total. The summed E-state index contributed by atoms with van der Waals surface area (Å²) >= 11 is 0. The van der Waals surface area contributed by atoms with Crippen molar-refractivity contribution in [1.82, 2.24) is 15.5 Å². The molecule has 2 N–H and O–H groups in total. The fraction of sp³-hybridized carbons (Fsp3) is 0.500. The lowest BCUT2D eigenvalue weighted by Crippen LogP contribution is -2.50. The van der Waals surface area contributed by atoms with Gasteiger partial charge in [-0.15, -0.1) is 0 Å². The van der Waals surface area contributed by atoms with E-state index in [-0.39, 0.29) is 6.03 Å². The minimum atomic E-state index is 0.0384. The van der Waals surface area contributed by atoms with E-state index in [0.717, 1.165) is 26.2 Å². The first-order valence-electron chi connectivity index (χ1n) is 6.46. The predicted molar refractivity (Wildman–Crippen MR) is 72.6 cm³/mol. The fourth-order valence-corrected chi connectivity index (χ4v) is 2.19. The highest BCUT2D eigenvalue weighted by molar-refractivity contribution is 5.74. The second-order valence-electron chi connectivity index (χ2n) is 4.83. The van der Waals surface area contributed by atoms with Gasteiger partial charge in [0.25, 0.3) is 0 Å². The number of piperazine rings is 1.